The maximum Gasteiger partial charge on any atom is 0.375 e. The lowest BCUT2D eigenvalue weighted by atomic mass is 10.2. The zero-order valence-electron chi connectivity index (χ0n) is 15.1. The first-order valence-electron chi connectivity index (χ1n) is 7.95. The summed E-state index contributed by atoms with van der Waals surface area (Å²) >= 11 is 0. The number of nitrogens with one attached hydrogen (secondary N) is 2. The van der Waals surface area contributed by atoms with Crippen molar-refractivity contribution in [1.82, 2.24) is 5.32 Å². The average molecular weight is 449 g/mol. The second-order valence-corrected chi connectivity index (χ2v) is 7.19. The molecule has 2 rings (SSSR count). The van der Waals surface area contributed by atoms with Crippen LogP contribution in [0.5, 0.6) is 0 Å². The van der Waals surface area contributed by atoms with Gasteiger partial charge >= 0.3 is 5.97 Å². The van der Waals surface area contributed by atoms with Crippen molar-refractivity contribution < 1.29 is 45.1 Å². The van der Waals surface area contributed by atoms with E-state index < -0.39 is 74.4 Å². The molecule has 0 aliphatic heterocycles. The van der Waals surface area contributed by atoms with Crippen LogP contribution >= 0.6 is 0 Å². The molecule has 0 radical (unpaired) electrons. The summed E-state index contributed by atoms with van der Waals surface area (Å²) in [5.41, 5.74) is -0.642. The Bertz CT molecular complexity index is 1100. The Hall–Kier alpha value is -3.39. The van der Waals surface area contributed by atoms with Gasteiger partial charge in [-0.25, -0.2) is 31.5 Å². The molecule has 0 aliphatic carbocycles. The highest BCUT2D eigenvalue weighted by atomic mass is 32.2. The summed E-state index contributed by atoms with van der Waals surface area (Å²) in [4.78, 5) is 35.5. The van der Waals surface area contributed by atoms with Gasteiger partial charge < -0.3 is 19.8 Å². The van der Waals surface area contributed by atoms with Crippen LogP contribution in [0.3, 0.4) is 0 Å². The van der Waals surface area contributed by atoms with Crippen molar-refractivity contribution in [2.75, 3.05) is 11.9 Å². The molecule has 1 aromatic heterocycles. The zero-order chi connectivity index (χ0) is 22.6. The van der Waals surface area contributed by atoms with Gasteiger partial charge in [-0.1, -0.05) is 0 Å². The predicted octanol–water partition coefficient (Wildman–Crippen LogP) is 0.645. The molecule has 1 aromatic carbocycles. The van der Waals surface area contributed by atoms with Crippen LogP contribution in [0.15, 0.2) is 33.8 Å². The molecule has 162 valence electrons. The van der Waals surface area contributed by atoms with Crippen molar-refractivity contribution in [2.45, 2.75) is 18.1 Å². The van der Waals surface area contributed by atoms with Gasteiger partial charge in [-0.15, -0.1) is 0 Å². The third-order valence-corrected chi connectivity index (χ3v) is 4.23. The molecule has 0 aliphatic rings. The van der Waals surface area contributed by atoms with Crippen LogP contribution in [0.4, 0.5) is 18.9 Å². The third-order valence-electron chi connectivity index (χ3n) is 3.45. The summed E-state index contributed by atoms with van der Waals surface area (Å²) < 4.78 is 71.2. The number of hydrogen-bond donors (Lipinski definition) is 3. The molecule has 1 heterocycles. The molecule has 14 heteroatoms. The number of ether oxygens (including phenoxy) is 1. The highest BCUT2D eigenvalue weighted by molar-refractivity contribution is 7.89. The lowest BCUT2D eigenvalue weighted by Gasteiger charge is -2.13. The van der Waals surface area contributed by atoms with Crippen LogP contribution < -0.4 is 15.8 Å². The lowest BCUT2D eigenvalue weighted by molar-refractivity contribution is -0.130. The van der Waals surface area contributed by atoms with E-state index in [2.05, 4.69) is 5.32 Å². The number of carbonyl (C=O) groups is 3. The van der Waals surface area contributed by atoms with Gasteiger partial charge in [0.1, 0.15) is 0 Å². The number of anilines is 1. The summed E-state index contributed by atoms with van der Waals surface area (Å²) in [6.45, 7) is 0.430. The lowest BCUT2D eigenvalue weighted by Crippen LogP contribution is -2.40. The Morgan fingerprint density at radius 2 is 1.80 bits per heavy atom. The fourth-order valence-corrected chi connectivity index (χ4v) is 2.45. The highest BCUT2D eigenvalue weighted by Crippen LogP contribution is 2.19. The largest absolute Gasteiger partial charge is 0.447 e. The second-order valence-electron chi connectivity index (χ2n) is 5.70. The van der Waals surface area contributed by atoms with Crippen molar-refractivity contribution >= 4 is 33.5 Å². The summed E-state index contributed by atoms with van der Waals surface area (Å²) in [6.07, 6.45) is -1.44. The average Bonchev–Trinajstić information content (AvgIpc) is 3.17. The molecule has 0 saturated carbocycles. The van der Waals surface area contributed by atoms with E-state index in [-0.39, 0.29) is 0 Å². The Morgan fingerprint density at radius 1 is 1.13 bits per heavy atom. The Labute approximate surface area is 167 Å². The maximum absolute atomic E-state index is 13.5. The van der Waals surface area contributed by atoms with Gasteiger partial charge in [0, 0.05) is 0 Å². The van der Waals surface area contributed by atoms with E-state index in [1.165, 1.54) is 0 Å². The summed E-state index contributed by atoms with van der Waals surface area (Å²) in [6, 6.07) is 3.27. The van der Waals surface area contributed by atoms with Gasteiger partial charge in [-0.3, -0.25) is 9.59 Å². The van der Waals surface area contributed by atoms with Crippen molar-refractivity contribution in [3.8, 4) is 0 Å². The first-order chi connectivity index (χ1) is 13.9. The molecule has 1 atom stereocenters. The minimum Gasteiger partial charge on any atom is -0.447 e. The van der Waals surface area contributed by atoms with Crippen LogP contribution in [0.2, 0.25) is 0 Å². The molecule has 30 heavy (non-hydrogen) atoms. The molecule has 1 unspecified atom stereocenters. The molecule has 0 spiro atoms. The van der Waals surface area contributed by atoms with Gasteiger partial charge in [0.25, 0.3) is 15.9 Å². The Kier molecular flexibility index (Phi) is 6.84. The first-order valence-corrected chi connectivity index (χ1v) is 9.49. The number of esters is 1. The topological polar surface area (TPSA) is 158 Å². The van der Waals surface area contributed by atoms with E-state index >= 15 is 0 Å². The number of hydrogen-bond acceptors (Lipinski definition) is 7. The normalized spacial score (nSPS) is 12.2. The molecule has 2 aromatic rings. The fraction of sp³-hybridized carbons (Fsp3) is 0.188. The standard InChI is InChI=1S/C16H14F3N3O7S/c1-7(28-16(25)10-4-5-12(29-10)30(20,26)27)15(24)21-6-11(23)22-9-3-2-8(17)13(18)14(9)19/h2-5,7H,6H2,1H3,(H,21,24)(H,22,23)(H2,20,26,27). The number of furan rings is 1. The smallest absolute Gasteiger partial charge is 0.375 e. The Balaban J connectivity index is 1.88. The van der Waals surface area contributed by atoms with E-state index in [0.717, 1.165) is 25.1 Å². The van der Waals surface area contributed by atoms with Crippen molar-refractivity contribution in [3.05, 3.63) is 47.5 Å². The molecule has 10 nitrogen and oxygen atoms in total. The monoisotopic (exact) mass is 449 g/mol. The van der Waals surface area contributed by atoms with Gasteiger partial charge in [0.15, 0.2) is 23.6 Å². The van der Waals surface area contributed by atoms with Crippen LogP contribution in [0, 0.1) is 17.5 Å². The van der Waals surface area contributed by atoms with E-state index in [4.69, 9.17) is 14.3 Å². The summed E-state index contributed by atoms with van der Waals surface area (Å²) in [7, 11) is -4.18. The molecule has 0 fully saturated rings. The van der Waals surface area contributed by atoms with Crippen LogP contribution in [-0.4, -0.2) is 38.9 Å². The molecule has 0 bridgehead atoms. The first kappa shape index (κ1) is 22.9. The molecule has 2 amide bonds. The van der Waals surface area contributed by atoms with E-state index in [0.29, 0.717) is 6.07 Å². The highest BCUT2D eigenvalue weighted by Gasteiger charge is 2.24. The second kappa shape index (κ2) is 8.96. The van der Waals surface area contributed by atoms with Crippen LogP contribution in [-0.2, 0) is 24.3 Å². The number of halogens is 3. The zero-order valence-corrected chi connectivity index (χ0v) is 15.9. The number of nitrogens with two attached hydrogens (primary N) is 1. The molecular formula is C16H14F3N3O7S. The van der Waals surface area contributed by atoms with Crippen molar-refractivity contribution in [2.24, 2.45) is 5.14 Å². The number of rotatable bonds is 7. The number of benzene rings is 1. The third kappa shape index (κ3) is 5.57. The van der Waals surface area contributed by atoms with Crippen molar-refractivity contribution in [3.63, 3.8) is 0 Å². The number of carbonyl (C=O) groups excluding carboxylic acids is 3. The quantitative estimate of drug-likeness (QED) is 0.413. The van der Waals surface area contributed by atoms with Crippen LogP contribution in [0.1, 0.15) is 17.5 Å². The summed E-state index contributed by atoms with van der Waals surface area (Å²) in [5, 5.41) is 8.14. The minimum atomic E-state index is -4.18. The number of primary sulfonamides is 1. The molecule has 0 saturated heterocycles. The fourth-order valence-electron chi connectivity index (χ4n) is 1.98. The van der Waals surface area contributed by atoms with Gasteiger partial charge in [-0.2, -0.15) is 0 Å². The van der Waals surface area contributed by atoms with E-state index in [9.17, 15) is 36.0 Å². The SMILES string of the molecule is CC(OC(=O)c1ccc(S(N)(=O)=O)o1)C(=O)NCC(=O)Nc1ccc(F)c(F)c1F. The van der Waals surface area contributed by atoms with Gasteiger partial charge in [0.05, 0.1) is 12.2 Å². The molecular weight excluding hydrogens is 435 g/mol. The van der Waals surface area contributed by atoms with Crippen molar-refractivity contribution in [1.29, 1.82) is 0 Å². The van der Waals surface area contributed by atoms with E-state index in [1.807, 2.05) is 5.32 Å². The molecule has 4 N–H and O–H groups in total. The van der Waals surface area contributed by atoms with Gasteiger partial charge in [-0.05, 0) is 31.2 Å². The number of sulfonamides is 1. The predicted molar refractivity (Wildman–Crippen MR) is 92.9 cm³/mol. The minimum absolute atomic E-state index is 0.537. The summed E-state index contributed by atoms with van der Waals surface area (Å²) in [5.74, 6) is -8.47. The Morgan fingerprint density at radius 3 is 2.40 bits per heavy atom. The number of amides is 2. The maximum atomic E-state index is 13.5. The van der Waals surface area contributed by atoms with Crippen LogP contribution in [0.25, 0.3) is 0 Å². The van der Waals surface area contributed by atoms with E-state index in [1.54, 1.807) is 0 Å². The van der Waals surface area contributed by atoms with Gasteiger partial charge in [0.2, 0.25) is 16.8 Å².